The van der Waals surface area contributed by atoms with Crippen LogP contribution >= 0.6 is 9.90 Å². The first-order chi connectivity index (χ1) is 1.41. The van der Waals surface area contributed by atoms with Gasteiger partial charge in [0.15, 0.2) is 0 Å². The summed E-state index contributed by atoms with van der Waals surface area (Å²) in [7, 11) is 0. The Kier molecular flexibility index (Phi) is 146000. The molecule has 0 heterocycles. The average molecular weight is 2960 g/mol. The summed E-state index contributed by atoms with van der Waals surface area (Å²) >= 11 is 0. The summed E-state index contributed by atoms with van der Waals surface area (Å²) in [6.45, 7) is 0. The predicted octanol–water partition coefficient (Wildman–Crippen LogP) is -32.5. The van der Waals surface area contributed by atoms with E-state index in [-0.39, 0.29) is 465 Å². The third kappa shape index (κ3) is 3830. The van der Waals surface area contributed by atoms with Gasteiger partial charge < -0.3 is 203 Å². The maximum Gasteiger partial charge on any atom is 0.0900 e. The Bertz CT molecular complexity index is 47.7. The summed E-state index contributed by atoms with van der Waals surface area (Å²) in [5.74, 6) is 0. The third-order valence-corrected chi connectivity index (χ3v) is 0. The quantitative estimate of drug-likeness (QED) is 0.0945. The van der Waals surface area contributed by atoms with Gasteiger partial charge in [0.1, 0.15) is 0 Å². The van der Waals surface area contributed by atoms with Crippen LogP contribution in [0.15, 0.2) is 0 Å². The Morgan fingerprint density at radius 1 is 0.151 bits per heavy atom. The minimum absolute atomic E-state index is 0. The molecule has 0 bridgehead atoms. The van der Waals surface area contributed by atoms with Gasteiger partial charge in [0, 0.05) is 253 Å². The van der Waals surface area contributed by atoms with Gasteiger partial charge in [-0.05, 0) is 0 Å². The van der Waals surface area contributed by atoms with Crippen molar-refractivity contribution in [2.45, 2.75) is 0 Å². The zero-order valence-corrected chi connectivity index (χ0v) is 62.5. The number of rotatable bonds is 0. The first-order valence-corrected chi connectivity index (χ1v) is 0.447. The number of hydrogen-bond acceptors (Lipinski definition) is 0. The molecule has 0 aliphatic heterocycles. The van der Waals surface area contributed by atoms with E-state index in [9.17, 15) is 0 Å². The molecule has 0 aromatic heterocycles. The molecule has 53 heavy (non-hydrogen) atoms. The summed E-state index contributed by atoms with van der Waals surface area (Å²) in [6, 6.07) is 0. The van der Waals surface area contributed by atoms with Gasteiger partial charge in [-0.25, -0.2) is 0 Å². The van der Waals surface area contributed by atoms with Gasteiger partial charge in [-0.15, -0.1) is 10.5 Å². The van der Waals surface area contributed by atoms with E-state index < -0.39 is 0 Å². The van der Waals surface area contributed by atoms with Gasteiger partial charge in [0.2, 0.25) is 0 Å². The van der Waals surface area contributed by atoms with Gasteiger partial charge >= 0.3 is 0 Å². The van der Waals surface area contributed by atoms with Gasteiger partial charge in [-0.2, -0.15) is 9.90 Å². The Hall–Kier alpha value is 7.09. The minimum Gasteiger partial charge on any atom is -0.457 e. The fourth-order valence-corrected chi connectivity index (χ4v) is 0. The Balaban J connectivity index is -0.0000000000163. The van der Waals surface area contributed by atoms with Crippen LogP contribution in [0.3, 0.4) is 0 Å². The molecule has 396 valence electrons. The standard InChI is InChI=1S/H5O3.37H2O.H3P.12W/c1-3-2;;;;;;;;;;;;;;;;;;;;;;;;;;;;;;;;;;;;;;;;;;;;;;;;;;/h3H,1-2H2;37*1H2;1H3;;;;;;;;;;;;/q+3;;;;;;;;;;;;;;;;;;;;;;;;;;;;;;;;;;;;;;;;;;;;;;;;;;/p+4. The topological polar surface area (TPSA) is 1230 Å². The molecule has 0 aromatic rings. The molecule has 1 unspecified atom stereocenters. The van der Waals surface area contributed by atoms with E-state index in [4.69, 9.17) is 10.5 Å². The van der Waals surface area contributed by atoms with Crippen LogP contribution < -0.4 is 0 Å². The summed E-state index contributed by atoms with van der Waals surface area (Å²) in [5, 5.41) is 13.0. The molecule has 83 N–H and O–H groups in total. The minimum atomic E-state index is 0. The molecule has 0 aliphatic carbocycles. The molecule has 0 fully saturated rings. The van der Waals surface area contributed by atoms with Crippen LogP contribution in [0.25, 0.3) is 0 Å². The van der Waals surface area contributed by atoms with E-state index in [1.807, 2.05) is 5.04 Å². The van der Waals surface area contributed by atoms with Crippen LogP contribution in [0.1, 0.15) is 0 Å². The van der Waals surface area contributed by atoms with Crippen LogP contribution in [-0.4, -0.2) is 196 Å². The van der Waals surface area contributed by atoms with Crippen molar-refractivity contribution < 1.29 is 471 Å². The molecule has 0 aliphatic rings. The van der Waals surface area contributed by atoms with Crippen molar-refractivity contribution in [1.82, 2.24) is 0 Å². The van der Waals surface area contributed by atoms with E-state index in [0.29, 0.717) is 0 Å². The van der Waals surface area contributed by atoms with Crippen molar-refractivity contribution in [2.24, 2.45) is 0 Å². The molecule has 0 aromatic carbocycles. The van der Waals surface area contributed by atoms with Crippen LogP contribution in [0.2, 0.25) is 0 Å². The zero-order valence-electron chi connectivity index (χ0n) is 25.9. The van der Waals surface area contributed by atoms with Crippen molar-refractivity contribution in [3.05, 3.63) is 0 Å². The molecule has 0 saturated heterocycles. The first-order valence-electron chi connectivity index (χ1n) is 0.447. The van der Waals surface area contributed by atoms with Gasteiger partial charge in [-0.3, -0.25) is 0 Å². The summed E-state index contributed by atoms with van der Waals surface area (Å²) in [5.41, 5.74) is 0. The first kappa shape index (κ1) is 2540. The summed E-state index contributed by atoms with van der Waals surface area (Å²) in [4.78, 5) is 0. The van der Waals surface area contributed by atoms with Crippen LogP contribution in [-0.2, 0) is 275 Å². The van der Waals surface area contributed by atoms with Crippen molar-refractivity contribution in [2.75, 3.05) is 0 Å². The van der Waals surface area contributed by atoms with Crippen molar-refractivity contribution in [3.8, 4) is 0 Å². The van der Waals surface area contributed by atoms with Crippen molar-refractivity contribution >= 4 is 9.90 Å². The zero-order chi connectivity index (χ0) is 2.71. The van der Waals surface area contributed by atoms with E-state index in [2.05, 4.69) is 0 Å². The van der Waals surface area contributed by atoms with Gasteiger partial charge in [0.25, 0.3) is 0 Å². The maximum absolute atomic E-state index is 5.50. The van der Waals surface area contributed by atoms with E-state index in [0.717, 1.165) is 0 Å². The molecule has 0 radical (unpaired) electrons. The van der Waals surface area contributed by atoms with Gasteiger partial charge in [-0.1, -0.05) is 0 Å². The smallest absolute Gasteiger partial charge is 0.0900 e. The van der Waals surface area contributed by atoms with E-state index >= 15 is 0 Å². The molecular weight excluding hydrogens is 2880 g/mol. The fraction of sp³-hybridized carbons (Fsp3) is 0. The van der Waals surface area contributed by atoms with E-state index in [1.165, 1.54) is 0 Å². The van der Waals surface area contributed by atoms with Gasteiger partial charge in [0.05, 0.1) is 5.04 Å². The monoisotopic (exact) mass is 2960 g/mol. The van der Waals surface area contributed by atoms with Crippen LogP contribution in [0.4, 0.5) is 0 Å². The van der Waals surface area contributed by atoms with Crippen molar-refractivity contribution in [1.29, 1.82) is 0 Å². The van der Waals surface area contributed by atoms with Crippen LogP contribution in [0.5, 0.6) is 0 Å². The Morgan fingerprint density at radius 3 is 0.151 bits per heavy atom. The fourth-order valence-electron chi connectivity index (χ4n) is 0. The second-order valence-corrected chi connectivity index (χ2v) is 0.112. The summed E-state index contributed by atoms with van der Waals surface area (Å²) < 4.78 is 0. The Morgan fingerprint density at radius 2 is 0.151 bits per heavy atom. The largest absolute Gasteiger partial charge is 0.457 e. The molecular formula is H86O40PW12+7. The average Bonchev–Trinajstić information content (AvgIpc) is 0.918. The molecule has 1 atom stereocenters. The summed E-state index contributed by atoms with van der Waals surface area (Å²) in [6.07, 6.45) is 0. The number of hydrogen-bond donors (Lipinski definition) is 0. The van der Waals surface area contributed by atoms with E-state index in [1.54, 1.807) is 0 Å². The van der Waals surface area contributed by atoms with Crippen molar-refractivity contribution in [3.63, 3.8) is 0 Å². The molecule has 53 heteroatoms. The normalized spacial score (nSPS) is 0.340. The third-order valence-electron chi connectivity index (χ3n) is 0. The molecule has 0 spiro atoms. The SMILES string of the molecule is O.O.O.O.O.O.O.O.O.O.O.O.O.O.O.O.O.O.O.O.O.O.O.O.O.O.O.O.O.O.O.O.O.P.[OH2+][OH+][OH2+].[OH3+].[OH3+].[OH3+].[OH3+].[W].[W].[W].[W].[W].[W].[W].[W].[W].[W].[W].[W]. The molecule has 40 nitrogen and oxygen atoms in total. The molecule has 0 amide bonds. The maximum atomic E-state index is 5.50. The second-order valence-electron chi connectivity index (χ2n) is 0.112. The molecule has 0 saturated carbocycles. The predicted molar refractivity (Wildman–Crippen MR) is 160 cm³/mol. The second kappa shape index (κ2) is 3050. The molecule has 0 rings (SSSR count). The Labute approximate surface area is 474 Å². The van der Waals surface area contributed by atoms with Crippen LogP contribution in [0, 0.1) is 0 Å².